The van der Waals surface area contributed by atoms with Gasteiger partial charge in [0.25, 0.3) is 0 Å². The molecule has 0 saturated heterocycles. The topological polar surface area (TPSA) is 61.8 Å². The zero-order chi connectivity index (χ0) is 27.2. The van der Waals surface area contributed by atoms with E-state index in [9.17, 15) is 9.59 Å². The second kappa shape index (κ2) is 56.9. The highest BCUT2D eigenvalue weighted by Crippen LogP contribution is 1.80. The minimum absolute atomic E-state index is 0.245. The predicted octanol–water partition coefficient (Wildman–Crippen LogP) is 8.84. The number of benzene rings is 2. The molecule has 2 rings (SSSR count). The van der Waals surface area contributed by atoms with E-state index < -0.39 is 6.16 Å². The largest absolute Gasteiger partial charge is 0.507 e. The van der Waals surface area contributed by atoms with Gasteiger partial charge in [0.05, 0.1) is 21.3 Å². The van der Waals surface area contributed by atoms with Crippen molar-refractivity contribution in [2.24, 2.45) is 0 Å². The van der Waals surface area contributed by atoms with Crippen LogP contribution in [0.5, 0.6) is 0 Å². The Bertz CT molecular complexity index is 409. The molecule has 0 amide bonds. The van der Waals surface area contributed by atoms with E-state index in [0.29, 0.717) is 0 Å². The van der Waals surface area contributed by atoms with Crippen molar-refractivity contribution < 1.29 is 23.8 Å². The molecule has 0 aromatic heterocycles. The van der Waals surface area contributed by atoms with Crippen LogP contribution in [-0.2, 0) is 19.0 Å². The van der Waals surface area contributed by atoms with Gasteiger partial charge in [-0.05, 0) is 0 Å². The first-order valence-electron chi connectivity index (χ1n) is 11.6. The molecular weight excluding hydrogens is 416 g/mol. The Morgan fingerprint density at radius 3 is 0.636 bits per heavy atom. The number of esters is 1. The van der Waals surface area contributed by atoms with Gasteiger partial charge >= 0.3 is 12.1 Å². The Labute approximate surface area is 205 Å². The van der Waals surface area contributed by atoms with Crippen molar-refractivity contribution in [3.8, 4) is 0 Å². The molecule has 0 aliphatic rings. The van der Waals surface area contributed by atoms with E-state index in [1.807, 2.05) is 100 Å². The number of rotatable bonds is 0. The van der Waals surface area contributed by atoms with Crippen LogP contribution >= 0.6 is 0 Å². The number of ether oxygens (including phenoxy) is 3. The lowest BCUT2D eigenvalue weighted by atomic mass is 10.4. The van der Waals surface area contributed by atoms with E-state index in [-0.39, 0.29) is 5.97 Å². The lowest BCUT2D eigenvalue weighted by molar-refractivity contribution is -0.137. The van der Waals surface area contributed by atoms with Gasteiger partial charge in [-0.15, -0.1) is 0 Å². The molecule has 0 atom stereocenters. The molecule has 0 spiro atoms. The summed E-state index contributed by atoms with van der Waals surface area (Å²) in [5.74, 6) is -0.245. The fraction of sp³-hybridized carbons (Fsp3) is 0.500. The van der Waals surface area contributed by atoms with Crippen LogP contribution in [-0.4, -0.2) is 33.5 Å². The number of carbonyl (C=O) groups excluding carboxylic acids is 2. The molecule has 0 aliphatic heterocycles. The molecule has 5 nitrogen and oxygen atoms in total. The highest BCUT2D eigenvalue weighted by atomic mass is 16.7. The lowest BCUT2D eigenvalue weighted by Gasteiger charge is -1.89. The Hall–Kier alpha value is -2.82. The van der Waals surface area contributed by atoms with E-state index in [1.54, 1.807) is 0 Å². The van der Waals surface area contributed by atoms with Crippen molar-refractivity contribution in [3.05, 3.63) is 72.8 Å². The zero-order valence-electron chi connectivity index (χ0n) is 23.4. The summed E-state index contributed by atoms with van der Waals surface area (Å²) < 4.78 is 12.2. The molecule has 5 heteroatoms. The summed E-state index contributed by atoms with van der Waals surface area (Å²) >= 11 is 0. The lowest BCUT2D eigenvalue weighted by Crippen LogP contribution is -1.97. The fourth-order valence-electron chi connectivity index (χ4n) is 0.853. The molecule has 194 valence electrons. The van der Waals surface area contributed by atoms with Crippen LogP contribution in [0.3, 0.4) is 0 Å². The van der Waals surface area contributed by atoms with E-state index in [1.165, 1.54) is 41.1 Å². The van der Waals surface area contributed by atoms with Gasteiger partial charge in [0.1, 0.15) is 0 Å². The molecule has 33 heavy (non-hydrogen) atoms. The number of hydrogen-bond donors (Lipinski definition) is 0. The summed E-state index contributed by atoms with van der Waals surface area (Å²) in [6, 6.07) is 24.0. The molecule has 0 bridgehead atoms. The van der Waals surface area contributed by atoms with Crippen molar-refractivity contribution in [2.75, 3.05) is 21.3 Å². The monoisotopic (exact) mass is 468 g/mol. The van der Waals surface area contributed by atoms with E-state index in [0.717, 1.165) is 0 Å². The van der Waals surface area contributed by atoms with Crippen molar-refractivity contribution in [1.82, 2.24) is 0 Å². The summed E-state index contributed by atoms with van der Waals surface area (Å²) in [6.45, 7) is 17.9. The van der Waals surface area contributed by atoms with Gasteiger partial charge in [-0.25, -0.2) is 4.79 Å². The maximum absolute atomic E-state index is 9.74. The first kappa shape index (κ1) is 44.0. The molecule has 0 saturated carbocycles. The standard InChI is InChI=1S/2C6H6.C3H6O3.C3H6O2.2C3H8.2C2H6/c2*1-2-4-6-5-3-1;1-5-3(4)6-2;1-3(4)5-2;2*1-3-2;2*1-2/h2*1-6H;1-2H3;1-2H3;2*3H2,1-2H3;2*1-2H3. The van der Waals surface area contributed by atoms with Crippen molar-refractivity contribution >= 4 is 12.1 Å². The summed E-state index contributed by atoms with van der Waals surface area (Å²) in [5.41, 5.74) is 0. The van der Waals surface area contributed by atoms with E-state index >= 15 is 0 Å². The SMILES string of the molecule is CC.CC.CCC.CCC.COC(=O)OC.COC(C)=O.c1ccccc1.c1ccccc1. The molecule has 0 radical (unpaired) electrons. The minimum atomic E-state index is -0.657. The normalized spacial score (nSPS) is 6.67. The van der Waals surface area contributed by atoms with Crippen molar-refractivity contribution in [3.63, 3.8) is 0 Å². The summed E-state index contributed by atoms with van der Waals surface area (Å²) in [4.78, 5) is 19.3. The Balaban J connectivity index is -0.0000000655. The van der Waals surface area contributed by atoms with Crippen LogP contribution in [0.15, 0.2) is 72.8 Å². The zero-order valence-corrected chi connectivity index (χ0v) is 23.4. The molecule has 0 aliphatic carbocycles. The van der Waals surface area contributed by atoms with Gasteiger partial charge in [0.15, 0.2) is 0 Å². The number of hydrogen-bond acceptors (Lipinski definition) is 5. The molecule has 2 aromatic rings. The van der Waals surface area contributed by atoms with Crippen molar-refractivity contribution in [2.45, 2.75) is 75.2 Å². The molecular formula is C28H52O5. The van der Waals surface area contributed by atoms with Crippen LogP contribution in [0.1, 0.15) is 75.2 Å². The van der Waals surface area contributed by atoms with E-state index in [2.05, 4.69) is 41.9 Å². The minimum Gasteiger partial charge on any atom is -0.469 e. The van der Waals surface area contributed by atoms with Crippen LogP contribution in [0.2, 0.25) is 0 Å². The molecule has 2 aromatic carbocycles. The van der Waals surface area contributed by atoms with Gasteiger partial charge in [-0.1, -0.05) is 141 Å². The summed E-state index contributed by atoms with van der Waals surface area (Å²) in [7, 11) is 3.86. The molecule has 0 N–H and O–H groups in total. The Morgan fingerprint density at radius 1 is 0.485 bits per heavy atom. The van der Waals surface area contributed by atoms with Gasteiger partial charge in [-0.3, -0.25) is 4.79 Å². The highest BCUT2D eigenvalue weighted by molar-refractivity contribution is 5.65. The second-order valence-corrected chi connectivity index (χ2v) is 5.08. The van der Waals surface area contributed by atoms with Gasteiger partial charge in [-0.2, -0.15) is 0 Å². The van der Waals surface area contributed by atoms with Gasteiger partial charge < -0.3 is 14.2 Å². The predicted molar refractivity (Wildman–Crippen MR) is 145 cm³/mol. The number of carbonyl (C=O) groups is 2. The highest BCUT2D eigenvalue weighted by Gasteiger charge is 1.88. The summed E-state index contributed by atoms with van der Waals surface area (Å²) in [6.07, 6.45) is 1.84. The first-order valence-corrected chi connectivity index (χ1v) is 11.6. The average Bonchev–Trinajstić information content (AvgIpc) is 2.90. The van der Waals surface area contributed by atoms with Crippen LogP contribution in [0.25, 0.3) is 0 Å². The third-order valence-electron chi connectivity index (χ3n) is 1.95. The van der Waals surface area contributed by atoms with E-state index in [4.69, 9.17) is 0 Å². The Morgan fingerprint density at radius 2 is 0.606 bits per heavy atom. The fourth-order valence-corrected chi connectivity index (χ4v) is 0.853. The van der Waals surface area contributed by atoms with Gasteiger partial charge in [0.2, 0.25) is 0 Å². The van der Waals surface area contributed by atoms with Crippen LogP contribution in [0.4, 0.5) is 4.79 Å². The smallest absolute Gasteiger partial charge is 0.469 e. The second-order valence-electron chi connectivity index (χ2n) is 5.08. The average molecular weight is 469 g/mol. The summed E-state index contributed by atoms with van der Waals surface area (Å²) in [5, 5.41) is 0. The maximum atomic E-state index is 9.74. The van der Waals surface area contributed by atoms with Crippen molar-refractivity contribution in [1.29, 1.82) is 0 Å². The van der Waals surface area contributed by atoms with Crippen LogP contribution in [0, 0.1) is 0 Å². The maximum Gasteiger partial charge on any atom is 0.507 e. The third-order valence-corrected chi connectivity index (χ3v) is 1.95. The molecule has 0 fully saturated rings. The molecule has 0 heterocycles. The third kappa shape index (κ3) is 93.5. The number of methoxy groups -OCH3 is 3. The Kier molecular flexibility index (Phi) is 75.8. The quantitative estimate of drug-likeness (QED) is 0.361. The van der Waals surface area contributed by atoms with Crippen LogP contribution < -0.4 is 0 Å². The van der Waals surface area contributed by atoms with Gasteiger partial charge in [0, 0.05) is 6.92 Å². The molecule has 0 unspecified atom stereocenters. The first-order chi connectivity index (χ1) is 15.9.